The van der Waals surface area contributed by atoms with Crippen molar-refractivity contribution in [2.75, 3.05) is 39.6 Å². The second-order valence-electron chi connectivity index (χ2n) is 3.68. The molecule has 0 bridgehead atoms. The Bertz CT molecular complexity index is 195. The molecule has 4 nitrogen and oxygen atoms in total. The Morgan fingerprint density at radius 2 is 2.12 bits per heavy atom. The van der Waals surface area contributed by atoms with Crippen LogP contribution in [0.5, 0.6) is 0 Å². The number of ether oxygens (including phenoxy) is 2. The van der Waals surface area contributed by atoms with Gasteiger partial charge in [0.15, 0.2) is 0 Å². The van der Waals surface area contributed by atoms with Crippen LogP contribution in [0.15, 0.2) is 0 Å². The summed E-state index contributed by atoms with van der Waals surface area (Å²) >= 11 is 0. The van der Waals surface area contributed by atoms with Gasteiger partial charge >= 0.3 is 6.18 Å². The largest absolute Gasteiger partial charge is 0.401 e. The monoisotopic (exact) mass is 243 g/mol. The topological polar surface area (TPSA) is 41.9 Å². The van der Waals surface area contributed by atoms with Crippen LogP contribution in [0.25, 0.3) is 0 Å². The standard InChI is InChI=1S/C9H16F3NO3/c10-9(11,12)6-13(2-3-14)5-8-1-4-15-7-16-8/h8,14H,1-7H2. The van der Waals surface area contributed by atoms with Gasteiger partial charge in [0.2, 0.25) is 0 Å². The second-order valence-corrected chi connectivity index (χ2v) is 3.68. The van der Waals surface area contributed by atoms with E-state index in [-0.39, 0.29) is 32.6 Å². The Kier molecular flexibility index (Phi) is 5.47. The minimum atomic E-state index is -4.25. The van der Waals surface area contributed by atoms with Crippen LogP contribution in [0, 0.1) is 0 Å². The van der Waals surface area contributed by atoms with Gasteiger partial charge in [-0.3, -0.25) is 4.90 Å². The van der Waals surface area contributed by atoms with Crippen molar-refractivity contribution in [2.45, 2.75) is 18.7 Å². The summed E-state index contributed by atoms with van der Waals surface area (Å²) in [6.07, 6.45) is -3.91. The summed E-state index contributed by atoms with van der Waals surface area (Å²) in [6.45, 7) is -0.509. The summed E-state index contributed by atoms with van der Waals surface area (Å²) in [6, 6.07) is 0. The molecule has 1 aliphatic rings. The molecule has 0 aromatic heterocycles. The zero-order chi connectivity index (χ0) is 12.0. The highest BCUT2D eigenvalue weighted by atomic mass is 19.4. The average molecular weight is 243 g/mol. The third kappa shape index (κ3) is 5.64. The molecule has 0 amide bonds. The first-order chi connectivity index (χ1) is 7.51. The SMILES string of the molecule is OCCN(CC1CCOCO1)CC(F)(F)F. The molecule has 16 heavy (non-hydrogen) atoms. The Hall–Kier alpha value is -0.370. The molecule has 1 rings (SSSR count). The van der Waals surface area contributed by atoms with E-state index in [2.05, 4.69) is 0 Å². The van der Waals surface area contributed by atoms with Crippen molar-refractivity contribution in [1.82, 2.24) is 4.90 Å². The van der Waals surface area contributed by atoms with E-state index in [0.717, 1.165) is 4.90 Å². The van der Waals surface area contributed by atoms with Crippen LogP contribution in [0.2, 0.25) is 0 Å². The van der Waals surface area contributed by atoms with Crippen LogP contribution in [0.3, 0.4) is 0 Å². The number of aliphatic hydroxyl groups is 1. The molecule has 1 aliphatic heterocycles. The average Bonchev–Trinajstić information content (AvgIpc) is 2.17. The maximum Gasteiger partial charge on any atom is 0.401 e. The van der Waals surface area contributed by atoms with E-state index < -0.39 is 12.7 Å². The maximum absolute atomic E-state index is 12.2. The van der Waals surface area contributed by atoms with E-state index in [1.807, 2.05) is 0 Å². The lowest BCUT2D eigenvalue weighted by Gasteiger charge is -2.29. The first-order valence-corrected chi connectivity index (χ1v) is 5.10. The lowest BCUT2D eigenvalue weighted by molar-refractivity contribution is -0.167. The molecule has 7 heteroatoms. The van der Waals surface area contributed by atoms with Crippen molar-refractivity contribution in [3.05, 3.63) is 0 Å². The Morgan fingerprint density at radius 3 is 2.62 bits per heavy atom. The van der Waals surface area contributed by atoms with Crippen LogP contribution >= 0.6 is 0 Å². The molecule has 0 spiro atoms. The molecule has 1 heterocycles. The van der Waals surface area contributed by atoms with Crippen molar-refractivity contribution < 1.29 is 27.8 Å². The molecule has 0 aromatic carbocycles. The van der Waals surface area contributed by atoms with Crippen molar-refractivity contribution in [1.29, 1.82) is 0 Å². The van der Waals surface area contributed by atoms with Gasteiger partial charge in [0.1, 0.15) is 6.79 Å². The molecule has 0 radical (unpaired) electrons. The van der Waals surface area contributed by atoms with Crippen molar-refractivity contribution in [3.63, 3.8) is 0 Å². The fraction of sp³-hybridized carbons (Fsp3) is 1.00. The third-order valence-corrected chi connectivity index (χ3v) is 2.25. The minimum absolute atomic E-state index is 0.000225. The normalized spacial score (nSPS) is 22.7. The van der Waals surface area contributed by atoms with Crippen LogP contribution < -0.4 is 0 Å². The second kappa shape index (κ2) is 6.39. The summed E-state index contributed by atoms with van der Waals surface area (Å²) in [4.78, 5) is 1.15. The van der Waals surface area contributed by atoms with Crippen LogP contribution in [-0.2, 0) is 9.47 Å². The number of aliphatic hydroxyl groups excluding tert-OH is 1. The first kappa shape index (κ1) is 13.7. The van der Waals surface area contributed by atoms with Crippen LogP contribution in [0.1, 0.15) is 6.42 Å². The summed E-state index contributed by atoms with van der Waals surface area (Å²) in [5.41, 5.74) is 0. The van der Waals surface area contributed by atoms with E-state index in [0.29, 0.717) is 13.0 Å². The quantitative estimate of drug-likeness (QED) is 0.768. The molecule has 96 valence electrons. The predicted molar refractivity (Wildman–Crippen MR) is 49.9 cm³/mol. The molecule has 0 aromatic rings. The van der Waals surface area contributed by atoms with Gasteiger partial charge in [-0.25, -0.2) is 0 Å². The predicted octanol–water partition coefficient (Wildman–Crippen LogP) is 0.606. The van der Waals surface area contributed by atoms with E-state index in [1.54, 1.807) is 0 Å². The van der Waals surface area contributed by atoms with Crippen molar-refractivity contribution in [3.8, 4) is 0 Å². The van der Waals surface area contributed by atoms with Gasteiger partial charge < -0.3 is 14.6 Å². The Labute approximate surface area is 91.9 Å². The summed E-state index contributed by atoms with van der Waals surface area (Å²) in [5, 5.41) is 8.69. The summed E-state index contributed by atoms with van der Waals surface area (Å²) < 4.78 is 46.7. The third-order valence-electron chi connectivity index (χ3n) is 2.25. The van der Waals surface area contributed by atoms with E-state index >= 15 is 0 Å². The molecular formula is C9H16F3NO3. The summed E-state index contributed by atoms with van der Waals surface area (Å²) in [5.74, 6) is 0. The number of hydrogen-bond donors (Lipinski definition) is 1. The highest BCUT2D eigenvalue weighted by Gasteiger charge is 2.31. The number of hydrogen-bond acceptors (Lipinski definition) is 4. The van der Waals surface area contributed by atoms with Crippen molar-refractivity contribution >= 4 is 0 Å². The lowest BCUT2D eigenvalue weighted by atomic mass is 10.2. The fourth-order valence-electron chi connectivity index (χ4n) is 1.56. The van der Waals surface area contributed by atoms with E-state index in [9.17, 15) is 13.2 Å². The van der Waals surface area contributed by atoms with Gasteiger partial charge in [0.05, 0.1) is 25.9 Å². The Morgan fingerprint density at radius 1 is 1.38 bits per heavy atom. The number of halogens is 3. The number of nitrogens with zero attached hydrogens (tertiary/aromatic N) is 1. The molecule has 1 saturated heterocycles. The zero-order valence-electron chi connectivity index (χ0n) is 8.87. The van der Waals surface area contributed by atoms with Gasteiger partial charge in [-0.05, 0) is 6.42 Å². The molecule has 0 aliphatic carbocycles. The van der Waals surface area contributed by atoms with E-state index in [1.165, 1.54) is 0 Å². The number of alkyl halides is 3. The maximum atomic E-state index is 12.2. The Balaban J connectivity index is 2.36. The highest BCUT2D eigenvalue weighted by molar-refractivity contribution is 4.70. The summed E-state index contributed by atoms with van der Waals surface area (Å²) in [7, 11) is 0. The van der Waals surface area contributed by atoms with Gasteiger partial charge in [-0.15, -0.1) is 0 Å². The molecule has 1 N–H and O–H groups in total. The van der Waals surface area contributed by atoms with Crippen LogP contribution in [0.4, 0.5) is 13.2 Å². The molecule has 1 atom stereocenters. The van der Waals surface area contributed by atoms with E-state index in [4.69, 9.17) is 14.6 Å². The molecule has 1 fully saturated rings. The fourth-order valence-corrected chi connectivity index (χ4v) is 1.56. The van der Waals surface area contributed by atoms with Crippen LogP contribution in [-0.4, -0.2) is 61.9 Å². The van der Waals surface area contributed by atoms with Gasteiger partial charge in [-0.1, -0.05) is 0 Å². The highest BCUT2D eigenvalue weighted by Crippen LogP contribution is 2.17. The first-order valence-electron chi connectivity index (χ1n) is 5.10. The lowest BCUT2D eigenvalue weighted by Crippen LogP contribution is -2.43. The van der Waals surface area contributed by atoms with Gasteiger partial charge in [0, 0.05) is 13.1 Å². The van der Waals surface area contributed by atoms with Gasteiger partial charge in [0.25, 0.3) is 0 Å². The number of rotatable bonds is 5. The molecule has 1 unspecified atom stereocenters. The van der Waals surface area contributed by atoms with Crippen molar-refractivity contribution in [2.24, 2.45) is 0 Å². The molecule has 0 saturated carbocycles. The zero-order valence-corrected chi connectivity index (χ0v) is 8.87. The van der Waals surface area contributed by atoms with Gasteiger partial charge in [-0.2, -0.15) is 13.2 Å². The smallest absolute Gasteiger partial charge is 0.395 e. The molecular weight excluding hydrogens is 227 g/mol. The minimum Gasteiger partial charge on any atom is -0.395 e.